The minimum atomic E-state index is -0.116. The topological polar surface area (TPSA) is 41.6 Å². The molecule has 2 aliphatic rings. The lowest BCUT2D eigenvalue weighted by Crippen LogP contribution is -2.44. The maximum Gasteiger partial charge on any atom is 0.322 e. The average molecular weight is 240 g/mol. The van der Waals surface area contributed by atoms with Gasteiger partial charge in [-0.1, -0.05) is 6.42 Å². The lowest BCUT2D eigenvalue weighted by molar-refractivity contribution is -0.143. The normalized spacial score (nSPS) is 22.3. The van der Waals surface area contributed by atoms with Gasteiger partial charge in [-0.3, -0.25) is 4.79 Å². The van der Waals surface area contributed by atoms with Gasteiger partial charge in [0.15, 0.2) is 0 Å². The van der Waals surface area contributed by atoms with E-state index in [-0.39, 0.29) is 12.0 Å². The molecule has 1 unspecified atom stereocenters. The molecule has 0 saturated heterocycles. The molecule has 17 heavy (non-hydrogen) atoms. The number of nitrogens with zero attached hydrogens (tertiary/aromatic N) is 1. The molecule has 4 heteroatoms. The molecule has 0 heterocycles. The van der Waals surface area contributed by atoms with Gasteiger partial charge in [0.05, 0.1) is 7.11 Å². The summed E-state index contributed by atoms with van der Waals surface area (Å²) in [7, 11) is 3.63. The van der Waals surface area contributed by atoms with E-state index in [1.807, 2.05) is 0 Å². The summed E-state index contributed by atoms with van der Waals surface area (Å²) in [5.74, 6) is -0.112. The van der Waals surface area contributed by atoms with Gasteiger partial charge in [-0.05, 0) is 39.2 Å². The Hall–Kier alpha value is -0.610. The number of methoxy groups -OCH3 is 1. The quantitative estimate of drug-likeness (QED) is 0.678. The molecule has 98 valence electrons. The largest absolute Gasteiger partial charge is 0.468 e. The van der Waals surface area contributed by atoms with Crippen molar-refractivity contribution in [3.8, 4) is 0 Å². The van der Waals surface area contributed by atoms with Gasteiger partial charge in [0.1, 0.15) is 6.04 Å². The van der Waals surface area contributed by atoms with Crippen molar-refractivity contribution >= 4 is 5.97 Å². The smallest absolute Gasteiger partial charge is 0.322 e. The van der Waals surface area contributed by atoms with Gasteiger partial charge in [-0.15, -0.1) is 0 Å². The Balaban J connectivity index is 1.72. The van der Waals surface area contributed by atoms with Crippen LogP contribution in [0.1, 0.15) is 38.5 Å². The van der Waals surface area contributed by atoms with Crippen LogP contribution in [0.2, 0.25) is 0 Å². The number of nitrogens with one attached hydrogen (secondary N) is 1. The van der Waals surface area contributed by atoms with Crippen LogP contribution < -0.4 is 5.32 Å². The van der Waals surface area contributed by atoms with Crippen molar-refractivity contribution in [2.75, 3.05) is 20.7 Å². The third kappa shape index (κ3) is 3.68. The number of carbonyl (C=O) groups is 1. The van der Waals surface area contributed by atoms with Gasteiger partial charge in [-0.2, -0.15) is 0 Å². The average Bonchev–Trinajstić information content (AvgIpc) is 3.04. The first-order valence-corrected chi connectivity index (χ1v) is 6.75. The van der Waals surface area contributed by atoms with E-state index in [1.165, 1.54) is 39.2 Å². The number of esters is 1. The first kappa shape index (κ1) is 12.8. The third-order valence-corrected chi connectivity index (χ3v) is 3.97. The summed E-state index contributed by atoms with van der Waals surface area (Å²) in [6.07, 6.45) is 7.24. The molecule has 0 amide bonds. The molecular weight excluding hydrogens is 216 g/mol. The van der Waals surface area contributed by atoms with Crippen molar-refractivity contribution in [2.45, 2.75) is 56.7 Å². The molecule has 0 aromatic rings. The molecular formula is C13H24N2O2. The molecule has 4 nitrogen and oxygen atoms in total. The predicted molar refractivity (Wildman–Crippen MR) is 66.8 cm³/mol. The molecule has 0 radical (unpaired) electrons. The Morgan fingerprint density at radius 3 is 2.59 bits per heavy atom. The van der Waals surface area contributed by atoms with Crippen LogP contribution in [-0.2, 0) is 9.53 Å². The third-order valence-electron chi connectivity index (χ3n) is 3.97. The molecule has 2 saturated carbocycles. The fourth-order valence-electron chi connectivity index (χ4n) is 2.29. The molecule has 0 spiro atoms. The standard InChI is InChI=1S/C13H24N2O2/c1-15(11-4-3-5-11)9-8-12(13(16)17-2)14-10-6-7-10/h10-12,14H,3-9H2,1-2H3. The van der Waals surface area contributed by atoms with Gasteiger partial charge in [0.2, 0.25) is 0 Å². The van der Waals surface area contributed by atoms with Crippen molar-refractivity contribution in [1.82, 2.24) is 10.2 Å². The molecule has 1 atom stereocenters. The number of carbonyl (C=O) groups excluding carboxylic acids is 1. The van der Waals surface area contributed by atoms with Crippen LogP contribution in [0, 0.1) is 0 Å². The van der Waals surface area contributed by atoms with E-state index >= 15 is 0 Å². The second-order valence-electron chi connectivity index (χ2n) is 5.37. The van der Waals surface area contributed by atoms with Crippen LogP contribution >= 0.6 is 0 Å². The first-order chi connectivity index (χ1) is 8.20. The van der Waals surface area contributed by atoms with Crippen LogP contribution in [0.3, 0.4) is 0 Å². The van der Waals surface area contributed by atoms with Crippen molar-refractivity contribution in [3.05, 3.63) is 0 Å². The van der Waals surface area contributed by atoms with Crippen LogP contribution in [0.25, 0.3) is 0 Å². The minimum Gasteiger partial charge on any atom is -0.468 e. The predicted octanol–water partition coefficient (Wildman–Crippen LogP) is 1.15. The van der Waals surface area contributed by atoms with Gasteiger partial charge in [0.25, 0.3) is 0 Å². The molecule has 0 aliphatic heterocycles. The highest BCUT2D eigenvalue weighted by atomic mass is 16.5. The van der Waals surface area contributed by atoms with Crippen molar-refractivity contribution in [1.29, 1.82) is 0 Å². The molecule has 0 aromatic carbocycles. The molecule has 0 bridgehead atoms. The van der Waals surface area contributed by atoms with E-state index in [9.17, 15) is 4.79 Å². The zero-order valence-electron chi connectivity index (χ0n) is 10.9. The van der Waals surface area contributed by atoms with E-state index in [0.717, 1.165) is 19.0 Å². The second-order valence-corrected chi connectivity index (χ2v) is 5.37. The lowest BCUT2D eigenvalue weighted by Gasteiger charge is -2.35. The van der Waals surface area contributed by atoms with Crippen LogP contribution in [-0.4, -0.2) is 49.7 Å². The molecule has 1 N–H and O–H groups in total. The summed E-state index contributed by atoms with van der Waals surface area (Å²) in [5, 5.41) is 3.37. The second kappa shape index (κ2) is 5.83. The van der Waals surface area contributed by atoms with Crippen molar-refractivity contribution in [2.24, 2.45) is 0 Å². The number of rotatable bonds is 7. The summed E-state index contributed by atoms with van der Waals surface area (Å²) in [5.41, 5.74) is 0. The summed E-state index contributed by atoms with van der Waals surface area (Å²) in [4.78, 5) is 14.0. The highest BCUT2D eigenvalue weighted by Crippen LogP contribution is 2.24. The van der Waals surface area contributed by atoms with Crippen molar-refractivity contribution in [3.63, 3.8) is 0 Å². The van der Waals surface area contributed by atoms with Gasteiger partial charge >= 0.3 is 5.97 Å². The number of hydrogen-bond acceptors (Lipinski definition) is 4. The zero-order valence-corrected chi connectivity index (χ0v) is 10.9. The summed E-state index contributed by atoms with van der Waals surface area (Å²) < 4.78 is 4.85. The number of hydrogen-bond donors (Lipinski definition) is 1. The molecule has 0 aromatic heterocycles. The Morgan fingerprint density at radius 2 is 2.12 bits per heavy atom. The van der Waals surface area contributed by atoms with Crippen LogP contribution in [0.4, 0.5) is 0 Å². The maximum atomic E-state index is 11.6. The fraction of sp³-hybridized carbons (Fsp3) is 0.923. The molecule has 2 aliphatic carbocycles. The lowest BCUT2D eigenvalue weighted by atomic mass is 9.91. The summed E-state index contributed by atoms with van der Waals surface area (Å²) in [6, 6.07) is 1.18. The Kier molecular flexibility index (Phi) is 4.40. The summed E-state index contributed by atoms with van der Waals surface area (Å²) >= 11 is 0. The van der Waals surface area contributed by atoms with E-state index < -0.39 is 0 Å². The maximum absolute atomic E-state index is 11.6. The summed E-state index contributed by atoms with van der Waals surface area (Å²) in [6.45, 7) is 0.976. The monoisotopic (exact) mass is 240 g/mol. The van der Waals surface area contributed by atoms with Gasteiger partial charge in [0, 0.05) is 18.6 Å². The van der Waals surface area contributed by atoms with Gasteiger partial charge in [-0.25, -0.2) is 0 Å². The Bertz CT molecular complexity index is 262. The Morgan fingerprint density at radius 1 is 1.41 bits per heavy atom. The minimum absolute atomic E-state index is 0.112. The van der Waals surface area contributed by atoms with E-state index in [4.69, 9.17) is 4.74 Å². The van der Waals surface area contributed by atoms with Crippen LogP contribution in [0.15, 0.2) is 0 Å². The van der Waals surface area contributed by atoms with Gasteiger partial charge < -0.3 is 15.0 Å². The molecule has 2 fully saturated rings. The van der Waals surface area contributed by atoms with E-state index in [1.54, 1.807) is 0 Å². The number of ether oxygens (including phenoxy) is 1. The highest BCUT2D eigenvalue weighted by molar-refractivity contribution is 5.75. The fourth-order valence-corrected chi connectivity index (χ4v) is 2.29. The first-order valence-electron chi connectivity index (χ1n) is 6.75. The Labute approximate surface area is 104 Å². The highest BCUT2D eigenvalue weighted by Gasteiger charge is 2.30. The SMILES string of the molecule is COC(=O)C(CCN(C)C1CCC1)NC1CC1. The van der Waals surface area contributed by atoms with E-state index in [0.29, 0.717) is 6.04 Å². The van der Waals surface area contributed by atoms with E-state index in [2.05, 4.69) is 17.3 Å². The zero-order chi connectivity index (χ0) is 12.3. The van der Waals surface area contributed by atoms with Crippen molar-refractivity contribution < 1.29 is 9.53 Å². The van der Waals surface area contributed by atoms with Crippen LogP contribution in [0.5, 0.6) is 0 Å². The molecule has 2 rings (SSSR count).